The number of aromatic nitrogens is 3. The Morgan fingerprint density at radius 1 is 1.44 bits per heavy atom. The average molecular weight is 217 g/mol. The summed E-state index contributed by atoms with van der Waals surface area (Å²) in [6, 6.07) is 3.68. The zero-order valence-electron chi connectivity index (χ0n) is 8.83. The summed E-state index contributed by atoms with van der Waals surface area (Å²) >= 11 is 0. The molecule has 5 heteroatoms. The van der Waals surface area contributed by atoms with Crippen LogP contribution in [-0.2, 0) is 16.0 Å². The number of hydrogen-bond donors (Lipinski definition) is 0. The molecular weight excluding hydrogens is 206 g/mol. The van der Waals surface area contributed by atoms with Gasteiger partial charge in [0, 0.05) is 24.2 Å². The Bertz CT molecular complexity index is 479. The van der Waals surface area contributed by atoms with Gasteiger partial charge in [-0.2, -0.15) is 5.10 Å². The summed E-state index contributed by atoms with van der Waals surface area (Å²) in [5, 5.41) is 4.15. The molecule has 0 atom stereocenters. The van der Waals surface area contributed by atoms with Crippen molar-refractivity contribution in [3.8, 4) is 5.69 Å². The van der Waals surface area contributed by atoms with E-state index in [-0.39, 0.29) is 12.4 Å². The van der Waals surface area contributed by atoms with Gasteiger partial charge in [0.15, 0.2) is 0 Å². The molecule has 2 rings (SSSR count). The van der Waals surface area contributed by atoms with E-state index < -0.39 is 0 Å². The number of nitrogens with zero attached hydrogens (tertiary/aromatic N) is 3. The predicted molar refractivity (Wildman–Crippen MR) is 57.1 cm³/mol. The maximum absolute atomic E-state index is 11.1. The number of esters is 1. The van der Waals surface area contributed by atoms with Crippen LogP contribution in [0.2, 0.25) is 0 Å². The number of ether oxygens (including phenoxy) is 1. The number of hydrogen-bond acceptors (Lipinski definition) is 4. The highest BCUT2D eigenvalue weighted by molar-refractivity contribution is 5.72. The highest BCUT2D eigenvalue weighted by Crippen LogP contribution is 2.07. The Kier molecular flexibility index (Phi) is 2.95. The number of rotatable bonds is 3. The van der Waals surface area contributed by atoms with Gasteiger partial charge in [0.2, 0.25) is 0 Å². The quantitative estimate of drug-likeness (QED) is 0.719. The molecule has 0 aromatic carbocycles. The topological polar surface area (TPSA) is 57.0 Å². The van der Waals surface area contributed by atoms with Gasteiger partial charge in [-0.15, -0.1) is 0 Å². The van der Waals surface area contributed by atoms with Crippen molar-refractivity contribution in [2.45, 2.75) is 6.42 Å². The molecule has 5 nitrogen and oxygen atoms in total. The molecule has 0 fully saturated rings. The molecule has 0 aliphatic rings. The van der Waals surface area contributed by atoms with Gasteiger partial charge in [0.1, 0.15) is 0 Å². The van der Waals surface area contributed by atoms with Gasteiger partial charge in [-0.05, 0) is 12.1 Å². The summed E-state index contributed by atoms with van der Waals surface area (Å²) in [5.74, 6) is -0.269. The maximum atomic E-state index is 11.1. The van der Waals surface area contributed by atoms with Gasteiger partial charge in [-0.25, -0.2) is 4.68 Å². The first kappa shape index (κ1) is 10.4. The third-order valence-electron chi connectivity index (χ3n) is 2.14. The molecule has 0 unspecified atom stereocenters. The molecular formula is C11H11N3O2. The smallest absolute Gasteiger partial charge is 0.310 e. The molecule has 0 bridgehead atoms. The second kappa shape index (κ2) is 4.57. The van der Waals surface area contributed by atoms with Gasteiger partial charge >= 0.3 is 5.97 Å². The van der Waals surface area contributed by atoms with Crippen LogP contribution in [0.1, 0.15) is 5.56 Å². The Hall–Kier alpha value is -2.17. The fourth-order valence-electron chi connectivity index (χ4n) is 1.33. The van der Waals surface area contributed by atoms with Crippen LogP contribution >= 0.6 is 0 Å². The first-order chi connectivity index (χ1) is 7.79. The van der Waals surface area contributed by atoms with Crippen LogP contribution in [0.5, 0.6) is 0 Å². The van der Waals surface area contributed by atoms with E-state index in [9.17, 15) is 4.79 Å². The molecule has 0 amide bonds. The molecule has 2 aromatic heterocycles. The fourth-order valence-corrected chi connectivity index (χ4v) is 1.33. The van der Waals surface area contributed by atoms with Crippen molar-refractivity contribution in [2.75, 3.05) is 7.11 Å². The van der Waals surface area contributed by atoms with Gasteiger partial charge in [-0.3, -0.25) is 9.78 Å². The third kappa shape index (κ3) is 2.25. The molecule has 0 radical (unpaired) electrons. The summed E-state index contributed by atoms with van der Waals surface area (Å²) in [5.41, 5.74) is 1.73. The van der Waals surface area contributed by atoms with Gasteiger partial charge in [0.25, 0.3) is 0 Å². The van der Waals surface area contributed by atoms with Crippen LogP contribution < -0.4 is 0 Å². The molecule has 2 aromatic rings. The molecule has 82 valence electrons. The maximum Gasteiger partial charge on any atom is 0.310 e. The molecule has 16 heavy (non-hydrogen) atoms. The van der Waals surface area contributed by atoms with Crippen molar-refractivity contribution >= 4 is 5.97 Å². The van der Waals surface area contributed by atoms with Crippen molar-refractivity contribution in [3.05, 3.63) is 42.5 Å². The Balaban J connectivity index is 2.17. The van der Waals surface area contributed by atoms with E-state index in [4.69, 9.17) is 0 Å². The summed E-state index contributed by atoms with van der Waals surface area (Å²) in [6.45, 7) is 0. The van der Waals surface area contributed by atoms with Crippen molar-refractivity contribution < 1.29 is 9.53 Å². The van der Waals surface area contributed by atoms with Crippen LogP contribution in [0.3, 0.4) is 0 Å². The fraction of sp³-hybridized carbons (Fsp3) is 0.182. The summed E-state index contributed by atoms with van der Waals surface area (Å²) in [4.78, 5) is 15.0. The number of pyridine rings is 1. The molecule has 0 aliphatic carbocycles. The normalized spacial score (nSPS) is 10.1. The molecule has 0 N–H and O–H groups in total. The minimum absolute atomic E-state index is 0.238. The summed E-state index contributed by atoms with van der Waals surface area (Å²) in [6.07, 6.45) is 7.07. The molecule has 2 heterocycles. The van der Waals surface area contributed by atoms with Crippen LogP contribution in [0.25, 0.3) is 5.69 Å². The van der Waals surface area contributed by atoms with E-state index in [2.05, 4.69) is 14.8 Å². The first-order valence-corrected chi connectivity index (χ1v) is 4.80. The molecule has 0 saturated heterocycles. The highest BCUT2D eigenvalue weighted by atomic mass is 16.5. The lowest BCUT2D eigenvalue weighted by molar-refractivity contribution is -0.139. The average Bonchev–Trinajstić information content (AvgIpc) is 2.78. The lowest BCUT2D eigenvalue weighted by atomic mass is 10.2. The van der Waals surface area contributed by atoms with Gasteiger partial charge in [0.05, 0.1) is 25.4 Å². The number of carbonyl (C=O) groups excluding carboxylic acids is 1. The zero-order valence-corrected chi connectivity index (χ0v) is 8.83. The van der Waals surface area contributed by atoms with Crippen LogP contribution in [0.15, 0.2) is 36.9 Å². The number of carbonyl (C=O) groups is 1. The van der Waals surface area contributed by atoms with Crippen molar-refractivity contribution in [2.24, 2.45) is 0 Å². The van der Waals surface area contributed by atoms with Crippen molar-refractivity contribution in [1.82, 2.24) is 14.8 Å². The third-order valence-corrected chi connectivity index (χ3v) is 2.14. The molecule has 0 aliphatic heterocycles. The van der Waals surface area contributed by atoms with E-state index >= 15 is 0 Å². The summed E-state index contributed by atoms with van der Waals surface area (Å²) < 4.78 is 6.28. The Labute approximate surface area is 92.7 Å². The monoisotopic (exact) mass is 217 g/mol. The van der Waals surface area contributed by atoms with E-state index in [1.807, 2.05) is 12.1 Å². The van der Waals surface area contributed by atoms with Crippen molar-refractivity contribution in [3.63, 3.8) is 0 Å². The number of methoxy groups -OCH3 is 1. The molecule has 0 spiro atoms. The predicted octanol–water partition coefficient (Wildman–Crippen LogP) is 0.983. The van der Waals surface area contributed by atoms with Gasteiger partial charge < -0.3 is 4.74 Å². The minimum atomic E-state index is -0.269. The van der Waals surface area contributed by atoms with E-state index in [1.165, 1.54) is 7.11 Å². The first-order valence-electron chi connectivity index (χ1n) is 4.80. The second-order valence-corrected chi connectivity index (χ2v) is 3.25. The van der Waals surface area contributed by atoms with Crippen LogP contribution in [-0.4, -0.2) is 27.8 Å². The van der Waals surface area contributed by atoms with Crippen molar-refractivity contribution in [1.29, 1.82) is 0 Å². The highest BCUT2D eigenvalue weighted by Gasteiger charge is 2.05. The van der Waals surface area contributed by atoms with Gasteiger partial charge in [-0.1, -0.05) is 0 Å². The van der Waals surface area contributed by atoms with E-state index in [0.717, 1.165) is 11.3 Å². The van der Waals surface area contributed by atoms with Crippen LogP contribution in [0, 0.1) is 0 Å². The lowest BCUT2D eigenvalue weighted by Crippen LogP contribution is -2.03. The summed E-state index contributed by atoms with van der Waals surface area (Å²) in [7, 11) is 1.37. The standard InChI is InChI=1S/C11H11N3O2/c1-16-11(15)6-9-7-13-14(8-9)10-2-4-12-5-3-10/h2-5,7-8H,6H2,1H3. The second-order valence-electron chi connectivity index (χ2n) is 3.25. The largest absolute Gasteiger partial charge is 0.469 e. The lowest BCUT2D eigenvalue weighted by Gasteiger charge is -1.98. The Morgan fingerprint density at radius 3 is 2.88 bits per heavy atom. The zero-order chi connectivity index (χ0) is 11.4. The van der Waals surface area contributed by atoms with E-state index in [0.29, 0.717) is 0 Å². The Morgan fingerprint density at radius 2 is 2.19 bits per heavy atom. The SMILES string of the molecule is COC(=O)Cc1cnn(-c2ccncc2)c1. The van der Waals surface area contributed by atoms with E-state index in [1.54, 1.807) is 29.5 Å². The minimum Gasteiger partial charge on any atom is -0.469 e. The molecule has 0 saturated carbocycles. The van der Waals surface area contributed by atoms with Crippen LogP contribution in [0.4, 0.5) is 0 Å².